The summed E-state index contributed by atoms with van der Waals surface area (Å²) in [4.78, 5) is 8.56. The summed E-state index contributed by atoms with van der Waals surface area (Å²) in [5.74, 6) is 0.924. The molecule has 0 bridgehead atoms. The van der Waals surface area contributed by atoms with Gasteiger partial charge in [-0.1, -0.05) is 18.5 Å². The predicted molar refractivity (Wildman–Crippen MR) is 106 cm³/mol. The van der Waals surface area contributed by atoms with E-state index in [4.69, 9.17) is 22.1 Å². The zero-order valence-electron chi connectivity index (χ0n) is 13.0. The zero-order chi connectivity index (χ0) is 15.9. The summed E-state index contributed by atoms with van der Waals surface area (Å²) in [6.07, 6.45) is 2.76. The van der Waals surface area contributed by atoms with Crippen molar-refractivity contribution in [1.29, 1.82) is 0 Å². The van der Waals surface area contributed by atoms with Gasteiger partial charge in [-0.25, -0.2) is 4.99 Å². The van der Waals surface area contributed by atoms with Crippen molar-refractivity contribution in [3.8, 4) is 5.75 Å². The van der Waals surface area contributed by atoms with Crippen LogP contribution in [0, 0.1) is 0 Å². The van der Waals surface area contributed by atoms with E-state index in [1.807, 2.05) is 18.2 Å². The molecule has 0 saturated carbocycles. The van der Waals surface area contributed by atoms with Crippen molar-refractivity contribution in [2.24, 2.45) is 10.7 Å². The zero-order valence-corrected chi connectivity index (χ0v) is 16.1. The lowest BCUT2D eigenvalue weighted by Crippen LogP contribution is -2.22. The van der Waals surface area contributed by atoms with Crippen LogP contribution in [-0.2, 0) is 13.0 Å². The predicted octanol–water partition coefficient (Wildman–Crippen LogP) is 3.85. The van der Waals surface area contributed by atoms with Crippen molar-refractivity contribution in [2.75, 3.05) is 12.4 Å². The molecule has 0 aliphatic heterocycles. The molecule has 1 aromatic carbocycles. The van der Waals surface area contributed by atoms with Crippen LogP contribution in [0.2, 0.25) is 5.02 Å². The van der Waals surface area contributed by atoms with E-state index in [1.54, 1.807) is 25.4 Å². The van der Waals surface area contributed by atoms with E-state index in [0.29, 0.717) is 23.3 Å². The first-order chi connectivity index (χ1) is 10.6. The summed E-state index contributed by atoms with van der Waals surface area (Å²) < 4.78 is 5.10. The summed E-state index contributed by atoms with van der Waals surface area (Å²) in [5.41, 5.74) is 8.75. The van der Waals surface area contributed by atoms with Gasteiger partial charge < -0.3 is 15.8 Å². The van der Waals surface area contributed by atoms with Crippen molar-refractivity contribution in [3.63, 3.8) is 0 Å². The van der Waals surface area contributed by atoms with Crippen LogP contribution >= 0.6 is 35.6 Å². The molecule has 2 rings (SSSR count). The number of aryl methyl sites for hydroxylation is 1. The number of aliphatic imine (C=N–C) groups is 1. The standard InChI is InChI=1S/C16H19ClN4O.HI/c1-3-11-6-7-19-13(8-11)10-20-16(18)21-12-4-5-15(22-2)14(17)9-12;/h4-9H,3,10H2,1-2H3,(H3,18,20,21);1H. The molecule has 0 aliphatic carbocycles. The SMILES string of the molecule is CCc1ccnc(CN=C(N)Nc2ccc(OC)c(Cl)c2)c1.I. The fourth-order valence-electron chi connectivity index (χ4n) is 1.93. The number of hydrogen-bond acceptors (Lipinski definition) is 3. The Bertz CT molecular complexity index is 679. The average molecular weight is 447 g/mol. The first kappa shape index (κ1) is 19.5. The van der Waals surface area contributed by atoms with Crippen molar-refractivity contribution in [3.05, 3.63) is 52.8 Å². The van der Waals surface area contributed by atoms with Crippen LogP contribution in [0.1, 0.15) is 18.2 Å². The molecule has 0 spiro atoms. The number of halogens is 2. The van der Waals surface area contributed by atoms with E-state index < -0.39 is 0 Å². The van der Waals surface area contributed by atoms with Gasteiger partial charge in [0.05, 0.1) is 24.4 Å². The maximum Gasteiger partial charge on any atom is 0.193 e. The molecule has 0 radical (unpaired) electrons. The summed E-state index contributed by atoms with van der Waals surface area (Å²) in [5, 5.41) is 3.50. The van der Waals surface area contributed by atoms with Crippen LogP contribution < -0.4 is 15.8 Å². The second-order valence-corrected chi connectivity index (χ2v) is 5.09. The summed E-state index contributed by atoms with van der Waals surface area (Å²) in [7, 11) is 1.57. The summed E-state index contributed by atoms with van der Waals surface area (Å²) in [6.45, 7) is 2.53. The van der Waals surface area contributed by atoms with E-state index in [9.17, 15) is 0 Å². The van der Waals surface area contributed by atoms with Gasteiger partial charge in [-0.3, -0.25) is 4.98 Å². The number of nitrogens with two attached hydrogens (primary N) is 1. The first-order valence-electron chi connectivity index (χ1n) is 6.96. The Hall–Kier alpha value is -1.54. The third kappa shape index (κ3) is 5.87. The Labute approximate surface area is 158 Å². The molecule has 23 heavy (non-hydrogen) atoms. The maximum atomic E-state index is 6.06. The lowest BCUT2D eigenvalue weighted by Gasteiger charge is -2.08. The Kier molecular flexibility index (Phi) is 8.11. The van der Waals surface area contributed by atoms with Crippen molar-refractivity contribution in [1.82, 2.24) is 4.98 Å². The van der Waals surface area contributed by atoms with Crippen LogP contribution in [0.25, 0.3) is 0 Å². The molecule has 1 aromatic heterocycles. The highest BCUT2D eigenvalue weighted by Crippen LogP contribution is 2.27. The van der Waals surface area contributed by atoms with Gasteiger partial charge in [-0.2, -0.15) is 0 Å². The number of methoxy groups -OCH3 is 1. The first-order valence-corrected chi connectivity index (χ1v) is 7.34. The van der Waals surface area contributed by atoms with E-state index in [1.165, 1.54) is 5.56 Å². The Balaban J connectivity index is 0.00000264. The molecule has 5 nitrogen and oxygen atoms in total. The quantitative estimate of drug-likeness (QED) is 0.416. The summed E-state index contributed by atoms with van der Waals surface area (Å²) >= 11 is 6.06. The van der Waals surface area contributed by atoms with Crippen molar-refractivity contribution in [2.45, 2.75) is 19.9 Å². The van der Waals surface area contributed by atoms with E-state index in [2.05, 4.69) is 22.2 Å². The van der Waals surface area contributed by atoms with Crippen molar-refractivity contribution < 1.29 is 4.74 Å². The fraction of sp³-hybridized carbons (Fsp3) is 0.250. The molecule has 7 heteroatoms. The van der Waals surface area contributed by atoms with E-state index in [0.717, 1.165) is 17.8 Å². The molecule has 124 valence electrons. The maximum absolute atomic E-state index is 6.06. The highest BCUT2D eigenvalue weighted by molar-refractivity contribution is 14.0. The van der Waals surface area contributed by atoms with Gasteiger partial charge in [0.25, 0.3) is 0 Å². The van der Waals surface area contributed by atoms with Gasteiger partial charge in [0.2, 0.25) is 0 Å². The normalized spacial score (nSPS) is 10.8. The number of aromatic nitrogens is 1. The number of anilines is 1. The van der Waals surface area contributed by atoms with Gasteiger partial charge in [-0.15, -0.1) is 24.0 Å². The topological polar surface area (TPSA) is 72.5 Å². The minimum Gasteiger partial charge on any atom is -0.495 e. The highest BCUT2D eigenvalue weighted by atomic mass is 127. The number of benzene rings is 1. The number of pyridine rings is 1. The second-order valence-electron chi connectivity index (χ2n) is 4.68. The number of ether oxygens (including phenoxy) is 1. The number of nitrogens with one attached hydrogen (secondary N) is 1. The molecule has 0 atom stereocenters. The molecule has 0 aliphatic rings. The monoisotopic (exact) mass is 446 g/mol. The van der Waals surface area contributed by atoms with Crippen LogP contribution in [-0.4, -0.2) is 18.1 Å². The van der Waals surface area contributed by atoms with Crippen LogP contribution in [0.15, 0.2) is 41.5 Å². The third-order valence-electron chi connectivity index (χ3n) is 3.12. The van der Waals surface area contributed by atoms with E-state index in [-0.39, 0.29) is 24.0 Å². The number of nitrogens with zero attached hydrogens (tertiary/aromatic N) is 2. The van der Waals surface area contributed by atoms with Gasteiger partial charge in [-0.05, 0) is 42.3 Å². The van der Waals surface area contributed by atoms with E-state index >= 15 is 0 Å². The smallest absolute Gasteiger partial charge is 0.193 e. The molecular formula is C16H20ClIN4O. The minimum atomic E-state index is 0. The Morgan fingerprint density at radius 2 is 2.13 bits per heavy atom. The van der Waals surface area contributed by atoms with Gasteiger partial charge in [0, 0.05) is 11.9 Å². The number of guanidine groups is 1. The Morgan fingerprint density at radius 1 is 1.35 bits per heavy atom. The Morgan fingerprint density at radius 3 is 2.78 bits per heavy atom. The molecule has 3 N–H and O–H groups in total. The lowest BCUT2D eigenvalue weighted by atomic mass is 10.2. The van der Waals surface area contributed by atoms with Crippen LogP contribution in [0.5, 0.6) is 5.75 Å². The molecule has 0 unspecified atom stereocenters. The fourth-order valence-corrected chi connectivity index (χ4v) is 2.19. The average Bonchev–Trinajstić information content (AvgIpc) is 2.53. The number of rotatable bonds is 5. The van der Waals surface area contributed by atoms with Gasteiger partial charge in [0.15, 0.2) is 5.96 Å². The number of hydrogen-bond donors (Lipinski definition) is 2. The molecule has 1 heterocycles. The molecular weight excluding hydrogens is 427 g/mol. The van der Waals surface area contributed by atoms with Crippen molar-refractivity contribution >= 4 is 47.2 Å². The van der Waals surface area contributed by atoms with Gasteiger partial charge in [0.1, 0.15) is 5.75 Å². The molecule has 0 fully saturated rings. The molecule has 0 amide bonds. The third-order valence-corrected chi connectivity index (χ3v) is 3.42. The van der Waals surface area contributed by atoms with Crippen LogP contribution in [0.3, 0.4) is 0 Å². The largest absolute Gasteiger partial charge is 0.495 e. The second kappa shape index (κ2) is 9.57. The summed E-state index contributed by atoms with van der Waals surface area (Å²) in [6, 6.07) is 9.35. The highest BCUT2D eigenvalue weighted by Gasteiger charge is 2.03. The lowest BCUT2D eigenvalue weighted by molar-refractivity contribution is 0.415. The minimum absolute atomic E-state index is 0. The molecule has 2 aromatic rings. The van der Waals surface area contributed by atoms with Gasteiger partial charge >= 0.3 is 0 Å². The van der Waals surface area contributed by atoms with Crippen LogP contribution in [0.4, 0.5) is 5.69 Å². The molecule has 0 saturated heterocycles.